The number of benzene rings is 3. The quantitative estimate of drug-likeness (QED) is 0.466. The highest BCUT2D eigenvalue weighted by Crippen LogP contribution is 2.29. The molecule has 2 N–H and O–H groups in total. The molecule has 0 aromatic heterocycles. The summed E-state index contributed by atoms with van der Waals surface area (Å²) >= 11 is 0. The molecule has 174 valence electrons. The van der Waals surface area contributed by atoms with Gasteiger partial charge in [-0.05, 0) is 16.7 Å². The van der Waals surface area contributed by atoms with Gasteiger partial charge in [-0.15, -0.1) is 0 Å². The Bertz CT molecular complexity index is 937. The second kappa shape index (κ2) is 12.0. The van der Waals surface area contributed by atoms with Crippen LogP contribution < -0.4 is 0 Å². The minimum Gasteiger partial charge on any atom is -0.388 e. The van der Waals surface area contributed by atoms with Crippen molar-refractivity contribution < 1.29 is 29.2 Å². The Labute approximate surface area is 194 Å². The van der Waals surface area contributed by atoms with Gasteiger partial charge < -0.3 is 29.2 Å². The largest absolute Gasteiger partial charge is 0.388 e. The van der Waals surface area contributed by atoms with E-state index in [1.165, 1.54) is 0 Å². The molecule has 1 fully saturated rings. The van der Waals surface area contributed by atoms with E-state index in [0.717, 1.165) is 16.7 Å². The highest BCUT2D eigenvalue weighted by atomic mass is 16.7. The molecule has 6 heteroatoms. The number of ether oxygens (including phenoxy) is 4. The number of hydrogen-bond donors (Lipinski definition) is 2. The first-order chi connectivity index (χ1) is 16.2. The molecular weight excluding hydrogens is 420 g/mol. The van der Waals surface area contributed by atoms with E-state index >= 15 is 0 Å². The van der Waals surface area contributed by atoms with E-state index < -0.39 is 30.7 Å². The molecule has 0 unspecified atom stereocenters. The summed E-state index contributed by atoms with van der Waals surface area (Å²) in [4.78, 5) is 0. The molecule has 0 radical (unpaired) electrons. The van der Waals surface area contributed by atoms with Gasteiger partial charge in [-0.25, -0.2) is 0 Å². The molecule has 0 aliphatic carbocycles. The molecule has 0 saturated carbocycles. The number of hydrogen-bond acceptors (Lipinski definition) is 6. The Morgan fingerprint density at radius 3 is 1.64 bits per heavy atom. The van der Waals surface area contributed by atoms with Crippen molar-refractivity contribution in [3.63, 3.8) is 0 Å². The lowest BCUT2D eigenvalue weighted by molar-refractivity contribution is -0.163. The fourth-order valence-corrected chi connectivity index (χ4v) is 3.84. The summed E-state index contributed by atoms with van der Waals surface area (Å²) in [5.74, 6) is 0. The minimum absolute atomic E-state index is 0.0445. The lowest BCUT2D eigenvalue weighted by atomic mass is 10.1. The summed E-state index contributed by atoms with van der Waals surface area (Å²) < 4.78 is 23.5. The highest BCUT2D eigenvalue weighted by molar-refractivity contribution is 5.15. The van der Waals surface area contributed by atoms with Crippen LogP contribution >= 0.6 is 0 Å². The summed E-state index contributed by atoms with van der Waals surface area (Å²) in [6.07, 6.45) is -4.42. The third kappa shape index (κ3) is 6.71. The number of aliphatic hydroxyl groups is 2. The Hall–Kier alpha value is -2.58. The van der Waals surface area contributed by atoms with Gasteiger partial charge in [0, 0.05) is 0 Å². The van der Waals surface area contributed by atoms with Crippen LogP contribution in [0.3, 0.4) is 0 Å². The molecule has 0 bridgehead atoms. The molecule has 3 aromatic carbocycles. The van der Waals surface area contributed by atoms with E-state index in [4.69, 9.17) is 18.9 Å². The number of rotatable bonds is 11. The zero-order valence-electron chi connectivity index (χ0n) is 18.4. The van der Waals surface area contributed by atoms with Gasteiger partial charge in [0.2, 0.25) is 0 Å². The summed E-state index contributed by atoms with van der Waals surface area (Å²) in [6, 6.07) is 29.2. The van der Waals surface area contributed by atoms with Crippen molar-refractivity contribution in [1.29, 1.82) is 0 Å². The van der Waals surface area contributed by atoms with E-state index in [-0.39, 0.29) is 6.61 Å². The first-order valence-electron chi connectivity index (χ1n) is 11.1. The Morgan fingerprint density at radius 1 is 0.667 bits per heavy atom. The molecule has 5 atom stereocenters. The van der Waals surface area contributed by atoms with Crippen LogP contribution in [0, 0.1) is 0 Å². The Balaban J connectivity index is 1.40. The molecule has 1 aliphatic rings. The normalized spacial score (nSPS) is 23.5. The van der Waals surface area contributed by atoms with E-state index in [0.29, 0.717) is 19.8 Å². The predicted molar refractivity (Wildman–Crippen MR) is 123 cm³/mol. The molecule has 1 aliphatic heterocycles. The smallest absolute Gasteiger partial charge is 0.184 e. The van der Waals surface area contributed by atoms with Crippen LogP contribution in [0.25, 0.3) is 0 Å². The van der Waals surface area contributed by atoms with E-state index in [2.05, 4.69) is 0 Å². The van der Waals surface area contributed by atoms with Gasteiger partial charge in [0.1, 0.15) is 24.4 Å². The van der Waals surface area contributed by atoms with Crippen molar-refractivity contribution in [2.45, 2.75) is 50.5 Å². The zero-order valence-corrected chi connectivity index (χ0v) is 18.4. The summed E-state index contributed by atoms with van der Waals surface area (Å²) in [6.45, 7) is 1.02. The van der Waals surface area contributed by atoms with E-state index in [1.54, 1.807) is 0 Å². The lowest BCUT2D eigenvalue weighted by Crippen LogP contribution is -2.43. The number of aliphatic hydroxyl groups excluding tert-OH is 2. The SMILES string of the molecule is O[C@@H]1O[C@@H]([C@@H](O)COCc2ccccc2)[C@H](OCc2ccccc2)[C@H]1OCc1ccccc1. The maximum Gasteiger partial charge on any atom is 0.184 e. The summed E-state index contributed by atoms with van der Waals surface area (Å²) in [5.41, 5.74) is 2.97. The van der Waals surface area contributed by atoms with Crippen LogP contribution in [0.4, 0.5) is 0 Å². The molecule has 1 saturated heterocycles. The summed E-state index contributed by atoms with van der Waals surface area (Å²) in [7, 11) is 0. The van der Waals surface area contributed by atoms with E-state index in [9.17, 15) is 10.2 Å². The van der Waals surface area contributed by atoms with Crippen LogP contribution in [0.15, 0.2) is 91.0 Å². The first-order valence-corrected chi connectivity index (χ1v) is 11.1. The molecule has 33 heavy (non-hydrogen) atoms. The van der Waals surface area contributed by atoms with Crippen molar-refractivity contribution in [3.05, 3.63) is 108 Å². The standard InChI is InChI=1S/C27H30O6/c28-23(19-30-16-20-10-4-1-5-11-20)24-25(31-17-21-12-6-2-7-13-21)26(27(29)33-24)32-18-22-14-8-3-9-15-22/h1-15,23-29H,16-19H2/t23-,24-,25-,26+,27+/m0/s1. The third-order valence-electron chi connectivity index (χ3n) is 5.58. The molecule has 1 heterocycles. The highest BCUT2D eigenvalue weighted by Gasteiger charge is 2.48. The predicted octanol–water partition coefficient (Wildman–Crippen LogP) is 3.45. The third-order valence-corrected chi connectivity index (χ3v) is 5.58. The van der Waals surface area contributed by atoms with Crippen molar-refractivity contribution >= 4 is 0 Å². The van der Waals surface area contributed by atoms with Gasteiger partial charge >= 0.3 is 0 Å². The fourth-order valence-electron chi connectivity index (χ4n) is 3.84. The van der Waals surface area contributed by atoms with Crippen LogP contribution in [0.1, 0.15) is 16.7 Å². The minimum atomic E-state index is -1.22. The molecule has 6 nitrogen and oxygen atoms in total. The van der Waals surface area contributed by atoms with E-state index in [1.807, 2.05) is 91.0 Å². The van der Waals surface area contributed by atoms with Gasteiger partial charge in [0.15, 0.2) is 6.29 Å². The van der Waals surface area contributed by atoms with Gasteiger partial charge in [-0.2, -0.15) is 0 Å². The van der Waals surface area contributed by atoms with Crippen molar-refractivity contribution in [2.24, 2.45) is 0 Å². The maximum absolute atomic E-state index is 10.8. The maximum atomic E-state index is 10.8. The van der Waals surface area contributed by atoms with Crippen molar-refractivity contribution in [3.8, 4) is 0 Å². The van der Waals surface area contributed by atoms with Crippen LogP contribution in [-0.2, 0) is 38.8 Å². The fraction of sp³-hybridized carbons (Fsp3) is 0.333. The zero-order chi connectivity index (χ0) is 22.9. The first kappa shape index (κ1) is 23.6. The topological polar surface area (TPSA) is 77.4 Å². The molecule has 4 rings (SSSR count). The van der Waals surface area contributed by atoms with Crippen molar-refractivity contribution in [2.75, 3.05) is 6.61 Å². The van der Waals surface area contributed by atoms with Crippen molar-refractivity contribution in [1.82, 2.24) is 0 Å². The Morgan fingerprint density at radius 2 is 1.12 bits per heavy atom. The second-order valence-corrected chi connectivity index (χ2v) is 8.08. The molecule has 0 amide bonds. The Kier molecular flexibility index (Phi) is 8.60. The molecular formula is C27H30O6. The van der Waals surface area contributed by atoms with Crippen LogP contribution in [-0.4, -0.2) is 47.5 Å². The van der Waals surface area contributed by atoms with Gasteiger partial charge in [0.05, 0.1) is 26.4 Å². The monoisotopic (exact) mass is 450 g/mol. The second-order valence-electron chi connectivity index (χ2n) is 8.08. The van der Waals surface area contributed by atoms with Gasteiger partial charge in [-0.1, -0.05) is 91.0 Å². The molecule has 3 aromatic rings. The van der Waals surface area contributed by atoms with Crippen LogP contribution in [0.5, 0.6) is 0 Å². The molecule has 0 spiro atoms. The lowest BCUT2D eigenvalue weighted by Gasteiger charge is -2.26. The summed E-state index contributed by atoms with van der Waals surface area (Å²) in [5, 5.41) is 21.4. The average molecular weight is 451 g/mol. The average Bonchev–Trinajstić information content (AvgIpc) is 3.18. The van der Waals surface area contributed by atoms with Crippen LogP contribution in [0.2, 0.25) is 0 Å². The van der Waals surface area contributed by atoms with Gasteiger partial charge in [-0.3, -0.25) is 0 Å². The van der Waals surface area contributed by atoms with Gasteiger partial charge in [0.25, 0.3) is 0 Å².